The Bertz CT molecular complexity index is 566. The molecule has 5 nitrogen and oxygen atoms in total. The zero-order valence-electron chi connectivity index (χ0n) is 14.8. The number of carbonyl (C=O) groups excluding carboxylic acids is 2. The van der Waals surface area contributed by atoms with E-state index < -0.39 is 29.3 Å². The largest absolute Gasteiger partial charge is 0.393 e. The van der Waals surface area contributed by atoms with Crippen LogP contribution < -0.4 is 11.5 Å². The summed E-state index contributed by atoms with van der Waals surface area (Å²) in [4.78, 5) is 24.4. The first-order valence-corrected chi connectivity index (χ1v) is 9.27. The summed E-state index contributed by atoms with van der Waals surface area (Å²) in [5, 5.41) is 10.5. The lowest BCUT2D eigenvalue weighted by Gasteiger charge is -2.36. The summed E-state index contributed by atoms with van der Waals surface area (Å²) in [6.45, 7) is 0. The lowest BCUT2D eigenvalue weighted by Crippen LogP contribution is -2.49. The van der Waals surface area contributed by atoms with Crippen molar-refractivity contribution in [2.24, 2.45) is 22.8 Å². The molecule has 5 N–H and O–H groups in total. The monoisotopic (exact) mass is 346 g/mol. The first-order chi connectivity index (χ1) is 12.0. The van der Waals surface area contributed by atoms with Gasteiger partial charge in [-0.05, 0) is 37.7 Å². The maximum absolute atomic E-state index is 12.3. The molecule has 0 aliphatic heterocycles. The SMILES string of the molecule is NC(=O)[C@@H](C[C@@H](O)CCc1ccccc1)C1(C(N)=O)CCCCCC1. The van der Waals surface area contributed by atoms with Crippen molar-refractivity contribution >= 4 is 11.8 Å². The van der Waals surface area contributed by atoms with Crippen LogP contribution in [0.3, 0.4) is 0 Å². The van der Waals surface area contributed by atoms with Gasteiger partial charge in [-0.3, -0.25) is 9.59 Å². The predicted molar refractivity (Wildman–Crippen MR) is 97.4 cm³/mol. The highest BCUT2D eigenvalue weighted by Gasteiger charge is 2.47. The number of aryl methyl sites for hydroxylation is 1. The van der Waals surface area contributed by atoms with Crippen LogP contribution >= 0.6 is 0 Å². The van der Waals surface area contributed by atoms with Gasteiger partial charge in [0.25, 0.3) is 0 Å². The minimum absolute atomic E-state index is 0.200. The molecule has 2 atom stereocenters. The third kappa shape index (κ3) is 5.05. The van der Waals surface area contributed by atoms with Gasteiger partial charge in [-0.1, -0.05) is 56.0 Å². The van der Waals surface area contributed by atoms with E-state index in [-0.39, 0.29) is 6.42 Å². The summed E-state index contributed by atoms with van der Waals surface area (Å²) in [6, 6.07) is 9.89. The molecule has 5 heteroatoms. The van der Waals surface area contributed by atoms with Crippen molar-refractivity contribution < 1.29 is 14.7 Å². The van der Waals surface area contributed by atoms with Crippen LogP contribution in [-0.2, 0) is 16.0 Å². The zero-order valence-corrected chi connectivity index (χ0v) is 14.8. The van der Waals surface area contributed by atoms with E-state index in [9.17, 15) is 14.7 Å². The number of primary amides is 2. The third-order valence-electron chi connectivity index (χ3n) is 5.61. The molecule has 1 aliphatic carbocycles. The van der Waals surface area contributed by atoms with Crippen molar-refractivity contribution in [1.29, 1.82) is 0 Å². The van der Waals surface area contributed by atoms with Crippen molar-refractivity contribution in [3.8, 4) is 0 Å². The van der Waals surface area contributed by atoms with Crippen LogP contribution in [0.4, 0.5) is 0 Å². The van der Waals surface area contributed by atoms with Gasteiger partial charge >= 0.3 is 0 Å². The molecule has 1 aromatic rings. The standard InChI is InChI=1S/C20H30N2O3/c21-18(24)17(20(19(22)25)12-6-1-2-7-13-20)14-16(23)11-10-15-8-4-3-5-9-15/h3-5,8-9,16-17,23H,1-2,6-7,10-14H2,(H2,21,24)(H2,22,25)/t16-,17+/m0/s1. The fourth-order valence-corrected chi connectivity index (χ4v) is 4.11. The van der Waals surface area contributed by atoms with Gasteiger partial charge in [0.05, 0.1) is 17.4 Å². The molecular weight excluding hydrogens is 316 g/mol. The molecule has 0 bridgehead atoms. The van der Waals surface area contributed by atoms with Gasteiger partial charge in [-0.2, -0.15) is 0 Å². The number of amides is 2. The summed E-state index contributed by atoms with van der Waals surface area (Å²) in [5.74, 6) is -1.68. The van der Waals surface area contributed by atoms with Crippen molar-refractivity contribution in [2.75, 3.05) is 0 Å². The zero-order chi connectivity index (χ0) is 18.3. The molecule has 0 heterocycles. The normalized spacial score (nSPS) is 19.6. The topological polar surface area (TPSA) is 106 Å². The van der Waals surface area contributed by atoms with E-state index in [0.29, 0.717) is 19.3 Å². The van der Waals surface area contributed by atoms with Gasteiger partial charge < -0.3 is 16.6 Å². The maximum Gasteiger partial charge on any atom is 0.224 e. The number of aliphatic hydroxyl groups is 1. The molecule has 0 saturated heterocycles. The third-order valence-corrected chi connectivity index (χ3v) is 5.61. The average molecular weight is 346 g/mol. The number of rotatable bonds is 8. The van der Waals surface area contributed by atoms with Crippen LogP contribution in [0.1, 0.15) is 56.9 Å². The molecule has 0 aromatic heterocycles. The van der Waals surface area contributed by atoms with Crippen molar-refractivity contribution in [2.45, 2.75) is 63.9 Å². The first-order valence-electron chi connectivity index (χ1n) is 9.27. The minimum atomic E-state index is -0.907. The van der Waals surface area contributed by atoms with Crippen LogP contribution in [0.5, 0.6) is 0 Å². The fraction of sp³-hybridized carbons (Fsp3) is 0.600. The number of hydrogen-bond acceptors (Lipinski definition) is 3. The molecule has 2 rings (SSSR count). The van der Waals surface area contributed by atoms with Crippen LogP contribution in [-0.4, -0.2) is 23.0 Å². The van der Waals surface area contributed by atoms with Crippen LogP contribution in [0, 0.1) is 11.3 Å². The summed E-state index contributed by atoms with van der Waals surface area (Å²) in [7, 11) is 0. The van der Waals surface area contributed by atoms with Gasteiger partial charge in [0.2, 0.25) is 11.8 Å². The Labute approximate surface area is 149 Å². The first kappa shape index (κ1) is 19.4. The Morgan fingerprint density at radius 1 is 1.04 bits per heavy atom. The highest BCUT2D eigenvalue weighted by atomic mass is 16.3. The molecule has 0 radical (unpaired) electrons. The van der Waals surface area contributed by atoms with E-state index in [2.05, 4.69) is 0 Å². The Balaban J connectivity index is 2.07. The summed E-state index contributed by atoms with van der Waals surface area (Å²) < 4.78 is 0. The summed E-state index contributed by atoms with van der Waals surface area (Å²) in [5.41, 5.74) is 11.6. The molecule has 1 fully saturated rings. The van der Waals surface area contributed by atoms with Crippen LogP contribution in [0.2, 0.25) is 0 Å². The van der Waals surface area contributed by atoms with Crippen LogP contribution in [0.25, 0.3) is 0 Å². The maximum atomic E-state index is 12.3. The fourth-order valence-electron chi connectivity index (χ4n) is 4.11. The summed E-state index contributed by atoms with van der Waals surface area (Å²) in [6.07, 6.45) is 5.75. The second-order valence-electron chi connectivity index (χ2n) is 7.30. The van der Waals surface area contributed by atoms with E-state index >= 15 is 0 Å². The molecule has 1 aliphatic rings. The van der Waals surface area contributed by atoms with Gasteiger partial charge in [-0.15, -0.1) is 0 Å². The van der Waals surface area contributed by atoms with E-state index in [1.165, 1.54) is 0 Å². The Kier molecular flexibility index (Phi) is 7.00. The number of carbonyl (C=O) groups is 2. The molecule has 2 amide bonds. The second-order valence-corrected chi connectivity index (χ2v) is 7.30. The van der Waals surface area contributed by atoms with E-state index in [1.54, 1.807) is 0 Å². The molecule has 138 valence electrons. The number of hydrogen-bond donors (Lipinski definition) is 3. The molecule has 1 aromatic carbocycles. The average Bonchev–Trinajstić information content (AvgIpc) is 2.85. The number of nitrogens with two attached hydrogens (primary N) is 2. The minimum Gasteiger partial charge on any atom is -0.393 e. The van der Waals surface area contributed by atoms with E-state index in [1.807, 2.05) is 30.3 Å². The number of aliphatic hydroxyl groups excluding tert-OH is 1. The molecule has 1 saturated carbocycles. The molecule has 0 unspecified atom stereocenters. The Morgan fingerprint density at radius 2 is 1.64 bits per heavy atom. The molecule has 25 heavy (non-hydrogen) atoms. The van der Waals surface area contributed by atoms with Crippen molar-refractivity contribution in [3.63, 3.8) is 0 Å². The second kappa shape index (κ2) is 8.99. The smallest absolute Gasteiger partial charge is 0.224 e. The number of benzene rings is 1. The lowest BCUT2D eigenvalue weighted by atomic mass is 9.66. The Morgan fingerprint density at radius 3 is 2.16 bits per heavy atom. The predicted octanol–water partition coefficient (Wildman–Crippen LogP) is 2.30. The molecular formula is C20H30N2O3. The highest BCUT2D eigenvalue weighted by molar-refractivity contribution is 5.89. The Hall–Kier alpha value is -1.88. The van der Waals surface area contributed by atoms with Crippen molar-refractivity contribution in [3.05, 3.63) is 35.9 Å². The van der Waals surface area contributed by atoms with Gasteiger partial charge in [0.15, 0.2) is 0 Å². The van der Waals surface area contributed by atoms with Gasteiger partial charge in [-0.25, -0.2) is 0 Å². The summed E-state index contributed by atoms with van der Waals surface area (Å²) >= 11 is 0. The van der Waals surface area contributed by atoms with Crippen molar-refractivity contribution in [1.82, 2.24) is 0 Å². The van der Waals surface area contributed by atoms with Gasteiger partial charge in [0.1, 0.15) is 0 Å². The lowest BCUT2D eigenvalue weighted by molar-refractivity contribution is -0.141. The van der Waals surface area contributed by atoms with E-state index in [0.717, 1.165) is 37.7 Å². The van der Waals surface area contributed by atoms with Crippen LogP contribution in [0.15, 0.2) is 30.3 Å². The molecule has 0 spiro atoms. The quantitative estimate of drug-likeness (QED) is 0.629. The van der Waals surface area contributed by atoms with Gasteiger partial charge in [0, 0.05) is 0 Å². The van der Waals surface area contributed by atoms with E-state index in [4.69, 9.17) is 11.5 Å². The highest BCUT2D eigenvalue weighted by Crippen LogP contribution is 2.43.